The van der Waals surface area contributed by atoms with Crippen LogP contribution in [-0.2, 0) is 0 Å². The molecule has 2 N–H and O–H groups in total. The van der Waals surface area contributed by atoms with Gasteiger partial charge in [-0.05, 0) is 65.7 Å². The Bertz CT molecular complexity index is 1620. The van der Waals surface area contributed by atoms with Crippen molar-refractivity contribution in [2.24, 2.45) is 0 Å². The van der Waals surface area contributed by atoms with Crippen molar-refractivity contribution in [2.45, 2.75) is 0 Å². The quantitative estimate of drug-likeness (QED) is 0.225. The van der Waals surface area contributed by atoms with Crippen LogP contribution in [0.25, 0.3) is 54.2 Å². The van der Waals surface area contributed by atoms with Gasteiger partial charge in [-0.1, -0.05) is 97.1 Å². The molecule has 0 saturated carbocycles. The highest BCUT2D eigenvalue weighted by molar-refractivity contribution is 6.67. The molecule has 6 aromatic carbocycles. The first kappa shape index (κ1) is 18.1. The summed E-state index contributed by atoms with van der Waals surface area (Å²) in [4.78, 5) is 0. The molecule has 0 amide bonds. The summed E-state index contributed by atoms with van der Waals surface area (Å²) in [6.07, 6.45) is 0. The zero-order valence-corrected chi connectivity index (χ0v) is 16.8. The minimum atomic E-state index is -1.57. The van der Waals surface area contributed by atoms with Crippen LogP contribution < -0.4 is 5.46 Å². The van der Waals surface area contributed by atoms with Crippen LogP contribution in [0.5, 0.6) is 0 Å². The minimum Gasteiger partial charge on any atom is -0.423 e. The van der Waals surface area contributed by atoms with E-state index in [-0.39, 0.29) is 0 Å². The average molecular weight is 398 g/mol. The molecule has 0 radical (unpaired) electrons. The van der Waals surface area contributed by atoms with E-state index in [4.69, 9.17) is 0 Å². The van der Waals surface area contributed by atoms with Crippen LogP contribution in [0.2, 0.25) is 0 Å². The molecular formula is C28H19BO2. The maximum absolute atomic E-state index is 10.4. The van der Waals surface area contributed by atoms with E-state index < -0.39 is 7.12 Å². The SMILES string of the molecule is OB(O)c1c2ccccc2c(-c2ccc3ccccc3c2)c2ccc3ccccc3c12. The molecule has 0 unspecified atom stereocenters. The van der Waals surface area contributed by atoms with Gasteiger partial charge < -0.3 is 10.0 Å². The Hall–Kier alpha value is -3.66. The lowest BCUT2D eigenvalue weighted by Gasteiger charge is -2.19. The van der Waals surface area contributed by atoms with E-state index in [2.05, 4.69) is 72.8 Å². The molecule has 6 rings (SSSR count). The smallest absolute Gasteiger partial charge is 0.423 e. The first-order valence-corrected chi connectivity index (χ1v) is 10.4. The van der Waals surface area contributed by atoms with Crippen molar-refractivity contribution in [2.75, 3.05) is 0 Å². The maximum Gasteiger partial charge on any atom is 0.489 e. The first-order chi connectivity index (χ1) is 15.2. The lowest BCUT2D eigenvalue weighted by atomic mass is 9.71. The summed E-state index contributed by atoms with van der Waals surface area (Å²) in [5.74, 6) is 0. The summed E-state index contributed by atoms with van der Waals surface area (Å²) < 4.78 is 0. The van der Waals surface area contributed by atoms with Crippen molar-refractivity contribution < 1.29 is 10.0 Å². The summed E-state index contributed by atoms with van der Waals surface area (Å²) in [6, 6.07) is 35.3. The Morgan fingerprint density at radius 1 is 0.484 bits per heavy atom. The van der Waals surface area contributed by atoms with Crippen LogP contribution in [0.3, 0.4) is 0 Å². The lowest BCUT2D eigenvalue weighted by molar-refractivity contribution is 0.426. The monoisotopic (exact) mass is 398 g/mol. The van der Waals surface area contributed by atoms with Gasteiger partial charge in [0.15, 0.2) is 0 Å². The normalized spacial score (nSPS) is 11.5. The second kappa shape index (κ2) is 6.95. The van der Waals surface area contributed by atoms with Crippen LogP contribution in [0, 0.1) is 0 Å². The van der Waals surface area contributed by atoms with E-state index >= 15 is 0 Å². The molecular weight excluding hydrogens is 379 g/mol. The first-order valence-electron chi connectivity index (χ1n) is 10.4. The molecule has 6 aromatic rings. The van der Waals surface area contributed by atoms with Crippen LogP contribution in [0.4, 0.5) is 0 Å². The van der Waals surface area contributed by atoms with Gasteiger partial charge in [0.25, 0.3) is 0 Å². The lowest BCUT2D eigenvalue weighted by Crippen LogP contribution is -2.31. The van der Waals surface area contributed by atoms with Gasteiger partial charge in [-0.3, -0.25) is 0 Å². The molecule has 0 fully saturated rings. The maximum atomic E-state index is 10.4. The number of fused-ring (bicyclic) bond motifs is 5. The zero-order valence-electron chi connectivity index (χ0n) is 16.8. The molecule has 0 bridgehead atoms. The fraction of sp³-hybridized carbons (Fsp3) is 0. The third-order valence-electron chi connectivity index (χ3n) is 6.25. The Morgan fingerprint density at radius 3 is 1.87 bits per heavy atom. The highest BCUT2D eigenvalue weighted by Gasteiger charge is 2.23. The molecule has 31 heavy (non-hydrogen) atoms. The van der Waals surface area contributed by atoms with Crippen LogP contribution in [0.1, 0.15) is 0 Å². The third kappa shape index (κ3) is 2.75. The van der Waals surface area contributed by atoms with Crippen LogP contribution >= 0.6 is 0 Å². The van der Waals surface area contributed by atoms with Gasteiger partial charge >= 0.3 is 7.12 Å². The molecule has 2 nitrogen and oxygen atoms in total. The van der Waals surface area contributed by atoms with Crippen LogP contribution in [0.15, 0.2) is 103 Å². The topological polar surface area (TPSA) is 40.5 Å². The molecule has 0 aromatic heterocycles. The standard InChI is InChI=1S/C28H19BO2/c30-29(31)28-24-12-6-5-11-23(24)26(21-14-13-18-7-1-2-9-20(18)17-21)25-16-15-19-8-3-4-10-22(19)27(25)28/h1-17,30-31H. The molecule has 146 valence electrons. The number of hydrogen-bond acceptors (Lipinski definition) is 2. The number of rotatable bonds is 2. The molecule has 0 spiro atoms. The fourth-order valence-corrected chi connectivity index (χ4v) is 4.91. The Balaban J connectivity index is 1.86. The molecule has 0 aliphatic rings. The van der Waals surface area contributed by atoms with Gasteiger partial charge in [-0.2, -0.15) is 0 Å². The Morgan fingerprint density at radius 2 is 1.10 bits per heavy atom. The Labute approximate surface area is 180 Å². The van der Waals surface area contributed by atoms with Crippen molar-refractivity contribution in [3.63, 3.8) is 0 Å². The molecule has 0 aliphatic carbocycles. The third-order valence-corrected chi connectivity index (χ3v) is 6.25. The molecule has 0 heterocycles. The van der Waals surface area contributed by atoms with Crippen molar-refractivity contribution in [1.82, 2.24) is 0 Å². The van der Waals surface area contributed by atoms with Gasteiger partial charge in [0.2, 0.25) is 0 Å². The molecule has 3 heteroatoms. The largest absolute Gasteiger partial charge is 0.489 e. The van der Waals surface area contributed by atoms with Crippen molar-refractivity contribution in [1.29, 1.82) is 0 Å². The highest BCUT2D eigenvalue weighted by atomic mass is 16.4. The van der Waals surface area contributed by atoms with E-state index in [1.807, 2.05) is 30.3 Å². The summed E-state index contributed by atoms with van der Waals surface area (Å²) in [7, 11) is -1.57. The van der Waals surface area contributed by atoms with Gasteiger partial charge in [-0.15, -0.1) is 0 Å². The van der Waals surface area contributed by atoms with E-state index in [1.54, 1.807) is 0 Å². The number of hydrogen-bond donors (Lipinski definition) is 2. The summed E-state index contributed by atoms with van der Waals surface area (Å²) in [6.45, 7) is 0. The van der Waals surface area contributed by atoms with Crippen molar-refractivity contribution in [3.8, 4) is 11.1 Å². The minimum absolute atomic E-state index is 0.562. The Kier molecular flexibility index (Phi) is 4.07. The summed E-state index contributed by atoms with van der Waals surface area (Å²) in [5.41, 5.74) is 2.80. The van der Waals surface area contributed by atoms with Crippen molar-refractivity contribution in [3.05, 3.63) is 103 Å². The van der Waals surface area contributed by atoms with Gasteiger partial charge in [0, 0.05) is 0 Å². The van der Waals surface area contributed by atoms with Crippen LogP contribution in [-0.4, -0.2) is 17.2 Å². The van der Waals surface area contributed by atoms with E-state index in [0.29, 0.717) is 5.46 Å². The predicted molar refractivity (Wildman–Crippen MR) is 132 cm³/mol. The molecule has 0 atom stereocenters. The highest BCUT2D eigenvalue weighted by Crippen LogP contribution is 2.39. The van der Waals surface area contributed by atoms with Gasteiger partial charge in [0.05, 0.1) is 0 Å². The summed E-state index contributed by atoms with van der Waals surface area (Å²) in [5, 5.41) is 29.2. The average Bonchev–Trinajstić information content (AvgIpc) is 2.81. The number of benzene rings is 6. The van der Waals surface area contributed by atoms with Crippen molar-refractivity contribution >= 4 is 55.7 Å². The molecule has 0 saturated heterocycles. The van der Waals surface area contributed by atoms with Gasteiger partial charge in [0.1, 0.15) is 0 Å². The second-order valence-corrected chi connectivity index (χ2v) is 7.98. The van der Waals surface area contributed by atoms with Gasteiger partial charge in [-0.25, -0.2) is 0 Å². The zero-order chi connectivity index (χ0) is 20.9. The molecule has 0 aliphatic heterocycles. The van der Waals surface area contributed by atoms with E-state index in [9.17, 15) is 10.0 Å². The summed E-state index contributed by atoms with van der Waals surface area (Å²) >= 11 is 0. The van der Waals surface area contributed by atoms with E-state index in [1.165, 1.54) is 10.8 Å². The fourth-order valence-electron chi connectivity index (χ4n) is 4.91. The predicted octanol–water partition coefficient (Wildman–Crippen LogP) is 5.65. The van der Waals surface area contributed by atoms with E-state index in [0.717, 1.165) is 43.4 Å². The second-order valence-electron chi connectivity index (χ2n) is 7.98.